The average molecular weight is 311 g/mol. The number of anilines is 1. The number of nitrogens with zero attached hydrogens (tertiary/aromatic N) is 1. The monoisotopic (exact) mass is 310 g/mol. The van der Waals surface area contributed by atoms with E-state index in [4.69, 9.17) is 22.1 Å². The van der Waals surface area contributed by atoms with Crippen molar-refractivity contribution in [2.24, 2.45) is 11.7 Å². The smallest absolute Gasteiger partial charge is 0.0772 e. The Morgan fingerprint density at radius 2 is 2.24 bits per heavy atom. The Bertz CT molecular complexity index is 466. The van der Waals surface area contributed by atoms with E-state index in [-0.39, 0.29) is 12.1 Å². The van der Waals surface area contributed by atoms with Crippen molar-refractivity contribution >= 4 is 17.3 Å². The highest BCUT2D eigenvalue weighted by Crippen LogP contribution is 2.34. The predicted molar refractivity (Wildman–Crippen MR) is 90.2 cm³/mol. The van der Waals surface area contributed by atoms with Gasteiger partial charge in [0.2, 0.25) is 0 Å². The molecule has 1 fully saturated rings. The molecule has 21 heavy (non-hydrogen) atoms. The third-order valence-corrected chi connectivity index (χ3v) is 4.89. The van der Waals surface area contributed by atoms with E-state index in [1.165, 1.54) is 5.56 Å². The summed E-state index contributed by atoms with van der Waals surface area (Å²) in [4.78, 5) is 2.37. The molecule has 1 aliphatic heterocycles. The number of hydrogen-bond acceptors (Lipinski definition) is 3. The molecule has 1 aliphatic rings. The van der Waals surface area contributed by atoms with Crippen molar-refractivity contribution in [3.63, 3.8) is 0 Å². The SMILES string of the molecule is CCC(N)Cc1cccc(Cl)c1N1CCC(C)C(OC)C1. The van der Waals surface area contributed by atoms with Gasteiger partial charge in [-0.25, -0.2) is 0 Å². The number of methoxy groups -OCH3 is 1. The number of halogens is 1. The van der Waals surface area contributed by atoms with Crippen LogP contribution in [0.1, 0.15) is 32.3 Å². The fourth-order valence-electron chi connectivity index (χ4n) is 3.05. The minimum atomic E-state index is 0.184. The van der Waals surface area contributed by atoms with E-state index in [0.717, 1.165) is 43.1 Å². The van der Waals surface area contributed by atoms with Gasteiger partial charge >= 0.3 is 0 Å². The predicted octanol–water partition coefficient (Wildman–Crippen LogP) is 3.48. The Balaban J connectivity index is 2.25. The van der Waals surface area contributed by atoms with Gasteiger partial charge in [-0.1, -0.05) is 37.6 Å². The Kier molecular flexibility index (Phi) is 5.91. The number of ether oxygens (including phenoxy) is 1. The minimum absolute atomic E-state index is 0.184. The van der Waals surface area contributed by atoms with Gasteiger partial charge in [0.05, 0.1) is 16.8 Å². The zero-order valence-corrected chi connectivity index (χ0v) is 14.1. The zero-order chi connectivity index (χ0) is 15.4. The molecular formula is C17H27ClN2O. The number of benzene rings is 1. The highest BCUT2D eigenvalue weighted by molar-refractivity contribution is 6.33. The quantitative estimate of drug-likeness (QED) is 0.905. The second kappa shape index (κ2) is 7.48. The van der Waals surface area contributed by atoms with Crippen LogP contribution in [0.3, 0.4) is 0 Å². The summed E-state index contributed by atoms with van der Waals surface area (Å²) in [5.41, 5.74) is 8.54. The third kappa shape index (κ3) is 3.91. The second-order valence-electron chi connectivity index (χ2n) is 6.11. The largest absolute Gasteiger partial charge is 0.379 e. The molecule has 1 aromatic carbocycles. The molecule has 2 rings (SSSR count). The Morgan fingerprint density at radius 1 is 1.48 bits per heavy atom. The lowest BCUT2D eigenvalue weighted by Crippen LogP contribution is -2.44. The summed E-state index contributed by atoms with van der Waals surface area (Å²) < 4.78 is 5.63. The first kappa shape index (κ1) is 16.6. The van der Waals surface area contributed by atoms with Crippen molar-refractivity contribution in [1.29, 1.82) is 0 Å². The molecule has 0 spiro atoms. The second-order valence-corrected chi connectivity index (χ2v) is 6.51. The van der Waals surface area contributed by atoms with E-state index in [1.54, 1.807) is 7.11 Å². The molecule has 4 heteroatoms. The van der Waals surface area contributed by atoms with Gasteiger partial charge in [0, 0.05) is 26.2 Å². The van der Waals surface area contributed by atoms with Gasteiger partial charge in [-0.3, -0.25) is 0 Å². The van der Waals surface area contributed by atoms with Crippen LogP contribution in [0.15, 0.2) is 18.2 Å². The maximum absolute atomic E-state index is 6.49. The van der Waals surface area contributed by atoms with E-state index in [2.05, 4.69) is 24.8 Å². The van der Waals surface area contributed by atoms with E-state index < -0.39 is 0 Å². The zero-order valence-electron chi connectivity index (χ0n) is 13.3. The highest BCUT2D eigenvalue weighted by atomic mass is 35.5. The molecule has 0 aromatic heterocycles. The molecule has 0 saturated carbocycles. The third-order valence-electron chi connectivity index (χ3n) is 4.59. The lowest BCUT2D eigenvalue weighted by molar-refractivity contribution is 0.0498. The van der Waals surface area contributed by atoms with Crippen molar-refractivity contribution in [2.45, 2.75) is 45.3 Å². The summed E-state index contributed by atoms with van der Waals surface area (Å²) in [5, 5.41) is 0.820. The van der Waals surface area contributed by atoms with Gasteiger partial charge in [0.25, 0.3) is 0 Å². The molecule has 0 amide bonds. The molecular weight excluding hydrogens is 284 g/mol. The molecule has 0 aliphatic carbocycles. The van der Waals surface area contributed by atoms with Gasteiger partial charge in [0.15, 0.2) is 0 Å². The van der Waals surface area contributed by atoms with Crippen molar-refractivity contribution in [3.05, 3.63) is 28.8 Å². The fourth-order valence-corrected chi connectivity index (χ4v) is 3.36. The minimum Gasteiger partial charge on any atom is -0.379 e. The van der Waals surface area contributed by atoms with Crippen molar-refractivity contribution in [3.8, 4) is 0 Å². The van der Waals surface area contributed by atoms with Crippen LogP contribution in [0.4, 0.5) is 5.69 Å². The Hall–Kier alpha value is -0.770. The topological polar surface area (TPSA) is 38.5 Å². The number of rotatable bonds is 5. The van der Waals surface area contributed by atoms with Crippen LogP contribution in [-0.2, 0) is 11.2 Å². The molecule has 3 nitrogen and oxygen atoms in total. The molecule has 0 bridgehead atoms. The Labute approximate surface area is 133 Å². The van der Waals surface area contributed by atoms with Crippen molar-refractivity contribution in [1.82, 2.24) is 0 Å². The van der Waals surface area contributed by atoms with E-state index >= 15 is 0 Å². The van der Waals surface area contributed by atoms with Gasteiger partial charge in [-0.2, -0.15) is 0 Å². The Morgan fingerprint density at radius 3 is 2.90 bits per heavy atom. The first-order chi connectivity index (χ1) is 10.1. The normalized spacial score (nSPS) is 24.1. The summed E-state index contributed by atoms with van der Waals surface area (Å²) in [6, 6.07) is 6.32. The van der Waals surface area contributed by atoms with Gasteiger partial charge < -0.3 is 15.4 Å². The molecule has 3 unspecified atom stereocenters. The van der Waals surface area contributed by atoms with E-state index in [1.807, 2.05) is 12.1 Å². The maximum atomic E-state index is 6.49. The fraction of sp³-hybridized carbons (Fsp3) is 0.647. The number of para-hydroxylation sites is 1. The average Bonchev–Trinajstić information content (AvgIpc) is 2.48. The molecule has 1 saturated heterocycles. The first-order valence-corrected chi connectivity index (χ1v) is 8.25. The van der Waals surface area contributed by atoms with Crippen LogP contribution < -0.4 is 10.6 Å². The van der Waals surface area contributed by atoms with E-state index in [9.17, 15) is 0 Å². The number of nitrogens with two attached hydrogens (primary N) is 1. The van der Waals surface area contributed by atoms with Crippen LogP contribution in [0.2, 0.25) is 5.02 Å². The standard InChI is InChI=1S/C17H27ClN2O/c1-4-14(19)10-13-6-5-7-15(18)17(13)20-9-8-12(2)16(11-20)21-3/h5-7,12,14,16H,4,8-11,19H2,1-3H3. The summed E-state index contributed by atoms with van der Waals surface area (Å²) in [6.45, 7) is 6.30. The lowest BCUT2D eigenvalue weighted by atomic mass is 9.94. The highest BCUT2D eigenvalue weighted by Gasteiger charge is 2.28. The van der Waals surface area contributed by atoms with Gasteiger partial charge in [-0.05, 0) is 36.8 Å². The molecule has 1 heterocycles. The summed E-state index contributed by atoms with van der Waals surface area (Å²) >= 11 is 6.49. The summed E-state index contributed by atoms with van der Waals surface area (Å²) in [6.07, 6.45) is 3.24. The van der Waals surface area contributed by atoms with Gasteiger partial charge in [0.1, 0.15) is 0 Å². The van der Waals surface area contributed by atoms with Crippen LogP contribution in [0.5, 0.6) is 0 Å². The summed E-state index contributed by atoms with van der Waals surface area (Å²) in [7, 11) is 1.80. The van der Waals surface area contributed by atoms with E-state index in [0.29, 0.717) is 5.92 Å². The number of hydrogen-bond donors (Lipinski definition) is 1. The molecule has 118 valence electrons. The lowest BCUT2D eigenvalue weighted by Gasteiger charge is -2.39. The molecule has 3 atom stereocenters. The van der Waals surface area contributed by atoms with Crippen LogP contribution in [0.25, 0.3) is 0 Å². The van der Waals surface area contributed by atoms with Crippen LogP contribution in [-0.4, -0.2) is 32.3 Å². The van der Waals surface area contributed by atoms with Crippen molar-refractivity contribution in [2.75, 3.05) is 25.1 Å². The first-order valence-electron chi connectivity index (χ1n) is 7.87. The van der Waals surface area contributed by atoms with Crippen molar-refractivity contribution < 1.29 is 4.74 Å². The number of piperidine rings is 1. The molecule has 0 radical (unpaired) electrons. The molecule has 2 N–H and O–H groups in total. The van der Waals surface area contributed by atoms with Crippen LogP contribution >= 0.6 is 11.6 Å². The molecule has 1 aromatic rings. The summed E-state index contributed by atoms with van der Waals surface area (Å²) in [5.74, 6) is 0.593. The maximum Gasteiger partial charge on any atom is 0.0772 e. The van der Waals surface area contributed by atoms with Gasteiger partial charge in [-0.15, -0.1) is 0 Å². The van der Waals surface area contributed by atoms with Crippen LogP contribution in [0, 0.1) is 5.92 Å².